The summed E-state index contributed by atoms with van der Waals surface area (Å²) in [5.41, 5.74) is 2.70. The van der Waals surface area contributed by atoms with Crippen molar-refractivity contribution in [1.29, 1.82) is 0 Å². The highest BCUT2D eigenvalue weighted by atomic mass is 31.1. The van der Waals surface area contributed by atoms with Gasteiger partial charge >= 0.3 is 0 Å². The third-order valence-electron chi connectivity index (χ3n) is 1.49. The molecule has 0 unspecified atom stereocenters. The van der Waals surface area contributed by atoms with E-state index in [9.17, 15) is 0 Å². The maximum atomic E-state index is 2.32. The first kappa shape index (κ1) is 8.31. The average Bonchev–Trinajstić information content (AvgIpc) is 2.11. The second kappa shape index (κ2) is 2.68. The standard InChI is InChI=1S/C8H13P2/c1-6-7(8(2,3)4)10-5-9-6/h5H,1-4H3/q-1. The molecule has 1 aromatic heterocycles. The molecule has 0 saturated carbocycles. The van der Waals surface area contributed by atoms with E-state index in [1.807, 2.05) is 0 Å². The van der Waals surface area contributed by atoms with E-state index in [0.717, 1.165) is 0 Å². The van der Waals surface area contributed by atoms with Gasteiger partial charge in [-0.15, -0.1) is 10.6 Å². The fraction of sp³-hybridized carbons (Fsp3) is 0.625. The van der Waals surface area contributed by atoms with Crippen molar-refractivity contribution in [3.8, 4) is 0 Å². The van der Waals surface area contributed by atoms with E-state index in [1.165, 1.54) is 16.4 Å². The normalized spacial score (nSPS) is 13.6. The van der Waals surface area contributed by atoms with Gasteiger partial charge in [-0.05, 0) is 5.41 Å². The maximum Gasteiger partial charge on any atom is -0.0274 e. The van der Waals surface area contributed by atoms with Crippen molar-refractivity contribution in [1.82, 2.24) is 0 Å². The summed E-state index contributed by atoms with van der Waals surface area (Å²) < 4.78 is 0. The minimum absolute atomic E-state index is 0.381. The van der Waals surface area contributed by atoms with Crippen LogP contribution in [-0.2, 0) is 5.41 Å². The molecule has 0 spiro atoms. The molecule has 0 bridgehead atoms. The summed E-state index contributed by atoms with van der Waals surface area (Å²) in [4.78, 5) is 0. The number of hydrogen-bond donors (Lipinski definition) is 0. The molecule has 0 saturated heterocycles. The first-order valence-corrected chi connectivity index (χ1v) is 5.39. The summed E-state index contributed by atoms with van der Waals surface area (Å²) in [5.74, 6) is 0. The first-order chi connectivity index (χ1) is 4.52. The van der Waals surface area contributed by atoms with Crippen LogP contribution in [-0.4, -0.2) is 0 Å². The Labute approximate surface area is 66.2 Å². The Morgan fingerprint density at radius 3 is 2.20 bits per heavy atom. The maximum absolute atomic E-state index is 2.32. The van der Waals surface area contributed by atoms with Gasteiger partial charge in [0.25, 0.3) is 0 Å². The molecule has 0 N–H and O–H groups in total. The summed E-state index contributed by atoms with van der Waals surface area (Å²) in [6, 6.07) is 0. The molecule has 0 nitrogen and oxygen atoms in total. The SMILES string of the molecule is Cc1pc[p-]c1C(C)(C)C. The van der Waals surface area contributed by atoms with Crippen molar-refractivity contribution >= 4 is 16.4 Å². The van der Waals surface area contributed by atoms with Crippen LogP contribution < -0.4 is 0 Å². The van der Waals surface area contributed by atoms with Crippen molar-refractivity contribution in [3.63, 3.8) is 0 Å². The average molecular weight is 171 g/mol. The minimum Gasteiger partial charge on any atom is -0.312 e. The van der Waals surface area contributed by atoms with Gasteiger partial charge in [0.2, 0.25) is 0 Å². The van der Waals surface area contributed by atoms with E-state index in [1.54, 1.807) is 10.6 Å². The minimum atomic E-state index is 0.381. The van der Waals surface area contributed by atoms with Crippen molar-refractivity contribution < 1.29 is 0 Å². The lowest BCUT2D eigenvalue weighted by atomic mass is 9.94. The molecule has 0 radical (unpaired) electrons. The van der Waals surface area contributed by atoms with E-state index >= 15 is 0 Å². The first-order valence-electron chi connectivity index (χ1n) is 3.46. The molecule has 10 heavy (non-hydrogen) atoms. The molecular formula is C8H13P2-. The smallest absolute Gasteiger partial charge is 0.0274 e. The quantitative estimate of drug-likeness (QED) is 0.549. The highest BCUT2D eigenvalue weighted by Gasteiger charge is 2.10. The van der Waals surface area contributed by atoms with Gasteiger partial charge in [0.1, 0.15) is 0 Å². The second-order valence-corrected chi connectivity index (χ2v) is 6.12. The van der Waals surface area contributed by atoms with Gasteiger partial charge in [0.15, 0.2) is 0 Å². The highest BCUT2D eigenvalue weighted by molar-refractivity contribution is 7.47. The Morgan fingerprint density at radius 2 is 2.00 bits per heavy atom. The zero-order valence-electron chi connectivity index (χ0n) is 6.97. The van der Waals surface area contributed by atoms with Gasteiger partial charge in [-0.1, -0.05) is 27.7 Å². The molecular weight excluding hydrogens is 158 g/mol. The number of hydrogen-bond acceptors (Lipinski definition) is 0. The lowest BCUT2D eigenvalue weighted by molar-refractivity contribution is 0.602. The zero-order valence-corrected chi connectivity index (χ0v) is 8.76. The molecule has 0 atom stereocenters. The number of rotatable bonds is 0. The van der Waals surface area contributed by atoms with Crippen molar-refractivity contribution in [3.05, 3.63) is 16.1 Å². The lowest BCUT2D eigenvalue weighted by Crippen LogP contribution is -2.08. The van der Waals surface area contributed by atoms with Crippen molar-refractivity contribution in [2.24, 2.45) is 0 Å². The fourth-order valence-corrected chi connectivity index (χ4v) is 3.83. The van der Waals surface area contributed by atoms with Crippen LogP contribution in [0.2, 0.25) is 0 Å². The summed E-state index contributed by atoms with van der Waals surface area (Å²) in [6.45, 7) is 9.09. The molecule has 0 amide bonds. The van der Waals surface area contributed by atoms with Gasteiger partial charge in [-0.25, -0.2) is 0 Å². The van der Waals surface area contributed by atoms with Gasteiger partial charge in [-0.3, -0.25) is 0 Å². The fourth-order valence-electron chi connectivity index (χ4n) is 1.06. The summed E-state index contributed by atoms with van der Waals surface area (Å²) in [7, 11) is 2.86. The summed E-state index contributed by atoms with van der Waals surface area (Å²) >= 11 is 0. The van der Waals surface area contributed by atoms with Crippen LogP contribution in [0.3, 0.4) is 0 Å². The van der Waals surface area contributed by atoms with Crippen LogP contribution in [0.5, 0.6) is 0 Å². The van der Waals surface area contributed by atoms with E-state index < -0.39 is 0 Å². The predicted molar refractivity (Wildman–Crippen MR) is 50.5 cm³/mol. The molecule has 2 heteroatoms. The Bertz CT molecular complexity index is 217. The Balaban J connectivity index is 3.05. The molecule has 1 heterocycles. The van der Waals surface area contributed by atoms with Gasteiger partial charge in [-0.2, -0.15) is 5.53 Å². The van der Waals surface area contributed by atoms with Crippen molar-refractivity contribution in [2.75, 3.05) is 0 Å². The highest BCUT2D eigenvalue weighted by Crippen LogP contribution is 2.38. The summed E-state index contributed by atoms with van der Waals surface area (Å²) in [5, 5.41) is 3.16. The van der Waals surface area contributed by atoms with Gasteiger partial charge < -0.3 is 16.4 Å². The third kappa shape index (κ3) is 1.62. The molecule has 0 aliphatic carbocycles. The molecule has 0 aliphatic rings. The Hall–Kier alpha value is 0.210. The topological polar surface area (TPSA) is 0 Å². The lowest BCUT2D eigenvalue weighted by Gasteiger charge is -2.22. The van der Waals surface area contributed by atoms with E-state index in [0.29, 0.717) is 5.41 Å². The molecule has 1 rings (SSSR count). The second-order valence-electron chi connectivity index (χ2n) is 3.56. The zero-order chi connectivity index (χ0) is 7.78. The summed E-state index contributed by atoms with van der Waals surface area (Å²) in [6.07, 6.45) is 0. The monoisotopic (exact) mass is 171 g/mol. The number of aryl methyl sites for hydroxylation is 1. The van der Waals surface area contributed by atoms with Crippen LogP contribution in [0.4, 0.5) is 0 Å². The van der Waals surface area contributed by atoms with Crippen LogP contribution >= 0.6 is 16.4 Å². The van der Waals surface area contributed by atoms with Crippen LogP contribution in [0.1, 0.15) is 31.4 Å². The van der Waals surface area contributed by atoms with Gasteiger partial charge in [0.05, 0.1) is 0 Å². The van der Waals surface area contributed by atoms with Gasteiger partial charge in [0, 0.05) is 0 Å². The third-order valence-corrected chi connectivity index (χ3v) is 4.47. The molecule has 1 aromatic rings. The van der Waals surface area contributed by atoms with E-state index in [-0.39, 0.29) is 0 Å². The molecule has 0 aliphatic heterocycles. The van der Waals surface area contributed by atoms with Crippen molar-refractivity contribution in [2.45, 2.75) is 33.1 Å². The van der Waals surface area contributed by atoms with Crippen LogP contribution in [0.25, 0.3) is 0 Å². The molecule has 0 fully saturated rings. The molecule has 0 aromatic carbocycles. The van der Waals surface area contributed by atoms with Crippen LogP contribution in [0.15, 0.2) is 5.53 Å². The Morgan fingerprint density at radius 1 is 1.40 bits per heavy atom. The van der Waals surface area contributed by atoms with E-state index in [4.69, 9.17) is 0 Å². The Kier molecular flexibility index (Phi) is 2.23. The van der Waals surface area contributed by atoms with E-state index in [2.05, 4.69) is 33.2 Å². The van der Waals surface area contributed by atoms with Crippen LogP contribution in [0, 0.1) is 6.92 Å². The molecule has 56 valence electrons. The largest absolute Gasteiger partial charge is 0.312 e. The predicted octanol–water partition coefficient (Wildman–Crippen LogP) is 4.17.